The van der Waals surface area contributed by atoms with Crippen molar-refractivity contribution >= 4 is 64.1 Å². The van der Waals surface area contributed by atoms with Gasteiger partial charge >= 0.3 is 0 Å². The minimum atomic E-state index is 0.647. The number of hydrogen-bond acceptors (Lipinski definition) is 4. The van der Waals surface area contributed by atoms with Crippen molar-refractivity contribution in [1.82, 2.24) is 15.0 Å². The van der Waals surface area contributed by atoms with Crippen molar-refractivity contribution in [2.24, 2.45) is 0 Å². The van der Waals surface area contributed by atoms with E-state index in [2.05, 4.69) is 78.9 Å². The van der Waals surface area contributed by atoms with Crippen LogP contribution in [-0.2, 0) is 0 Å². The van der Waals surface area contributed by atoms with Gasteiger partial charge in [-0.2, -0.15) is 0 Å². The summed E-state index contributed by atoms with van der Waals surface area (Å²) in [5, 5.41) is 7.00. The Bertz CT molecular complexity index is 2150. The second-order valence-electron chi connectivity index (χ2n) is 9.25. The van der Waals surface area contributed by atoms with Crippen LogP contribution in [0.2, 0.25) is 0 Å². The van der Waals surface area contributed by atoms with Crippen LogP contribution in [0.25, 0.3) is 75.5 Å². The third-order valence-electron chi connectivity index (χ3n) is 7.06. The minimum Gasteiger partial charge on any atom is -0.244 e. The molecular formula is C33H19N3S. The smallest absolute Gasteiger partial charge is 0.179 e. The first-order chi connectivity index (χ1) is 18.3. The Morgan fingerprint density at radius 2 is 1.08 bits per heavy atom. The zero-order chi connectivity index (χ0) is 24.3. The molecular weight excluding hydrogens is 470 g/mol. The Hall–Kier alpha value is -4.67. The molecule has 8 rings (SSSR count). The number of rotatable bonds is 2. The van der Waals surface area contributed by atoms with Gasteiger partial charge in [0.05, 0.1) is 16.7 Å². The van der Waals surface area contributed by atoms with E-state index in [0.717, 1.165) is 44.1 Å². The van der Waals surface area contributed by atoms with Gasteiger partial charge in [0.25, 0.3) is 0 Å². The van der Waals surface area contributed by atoms with Gasteiger partial charge in [0.15, 0.2) is 5.82 Å². The Morgan fingerprint density at radius 1 is 0.405 bits per heavy atom. The van der Waals surface area contributed by atoms with Crippen LogP contribution in [-0.4, -0.2) is 15.0 Å². The van der Waals surface area contributed by atoms with Crippen LogP contribution in [0, 0.1) is 0 Å². The van der Waals surface area contributed by atoms with Crippen LogP contribution in [0.3, 0.4) is 0 Å². The van der Waals surface area contributed by atoms with Crippen molar-refractivity contribution in [1.29, 1.82) is 0 Å². The molecule has 0 fully saturated rings. The van der Waals surface area contributed by atoms with Crippen LogP contribution in [0.4, 0.5) is 0 Å². The molecule has 0 aliphatic heterocycles. The van der Waals surface area contributed by atoms with Gasteiger partial charge < -0.3 is 0 Å². The summed E-state index contributed by atoms with van der Waals surface area (Å²) in [7, 11) is 0. The monoisotopic (exact) mass is 489 g/mol. The highest BCUT2D eigenvalue weighted by molar-refractivity contribution is 7.25. The van der Waals surface area contributed by atoms with E-state index in [1.54, 1.807) is 0 Å². The van der Waals surface area contributed by atoms with Crippen molar-refractivity contribution < 1.29 is 0 Å². The Kier molecular flexibility index (Phi) is 4.39. The molecule has 0 spiro atoms. The molecule has 37 heavy (non-hydrogen) atoms. The third-order valence-corrected chi connectivity index (χ3v) is 8.19. The maximum Gasteiger partial charge on any atom is 0.179 e. The van der Waals surface area contributed by atoms with Crippen LogP contribution < -0.4 is 0 Å². The molecule has 5 aromatic carbocycles. The fourth-order valence-electron chi connectivity index (χ4n) is 5.34. The van der Waals surface area contributed by atoms with Gasteiger partial charge in [0.2, 0.25) is 0 Å². The van der Waals surface area contributed by atoms with E-state index in [1.807, 2.05) is 47.7 Å². The molecule has 8 aromatic rings. The number of pyridine rings is 1. The highest BCUT2D eigenvalue weighted by Gasteiger charge is 2.18. The number of nitrogens with zero attached hydrogens (tertiary/aromatic N) is 3. The molecule has 3 heterocycles. The molecule has 0 amide bonds. The van der Waals surface area contributed by atoms with Gasteiger partial charge in [-0.15, -0.1) is 11.3 Å². The molecule has 0 aliphatic rings. The topological polar surface area (TPSA) is 38.7 Å². The third kappa shape index (κ3) is 3.16. The first kappa shape index (κ1) is 20.5. The van der Waals surface area contributed by atoms with E-state index in [9.17, 15) is 0 Å². The average molecular weight is 490 g/mol. The molecule has 0 radical (unpaired) electrons. The van der Waals surface area contributed by atoms with Crippen molar-refractivity contribution in [3.63, 3.8) is 0 Å². The van der Waals surface area contributed by atoms with Crippen molar-refractivity contribution in [2.75, 3.05) is 0 Å². The molecule has 3 nitrogen and oxygen atoms in total. The van der Waals surface area contributed by atoms with E-state index in [0.29, 0.717) is 5.82 Å². The summed E-state index contributed by atoms with van der Waals surface area (Å²) in [6.45, 7) is 0. The number of para-hydroxylation sites is 2. The maximum absolute atomic E-state index is 5.16. The van der Waals surface area contributed by atoms with E-state index in [1.165, 1.54) is 25.6 Å². The Labute approximate surface area is 216 Å². The van der Waals surface area contributed by atoms with E-state index in [-0.39, 0.29) is 0 Å². The predicted molar refractivity (Wildman–Crippen MR) is 156 cm³/mol. The maximum atomic E-state index is 5.16. The van der Waals surface area contributed by atoms with Gasteiger partial charge in [-0.25, -0.2) is 15.0 Å². The summed E-state index contributed by atoms with van der Waals surface area (Å²) in [4.78, 5) is 15.3. The van der Waals surface area contributed by atoms with Gasteiger partial charge in [0.1, 0.15) is 5.69 Å². The van der Waals surface area contributed by atoms with Crippen LogP contribution >= 0.6 is 11.3 Å². The first-order valence-electron chi connectivity index (χ1n) is 12.3. The Morgan fingerprint density at radius 3 is 1.92 bits per heavy atom. The second kappa shape index (κ2) is 7.92. The van der Waals surface area contributed by atoms with E-state index in [4.69, 9.17) is 15.0 Å². The summed E-state index contributed by atoms with van der Waals surface area (Å²) in [6, 6.07) is 40.1. The van der Waals surface area contributed by atoms with Crippen LogP contribution in [0.5, 0.6) is 0 Å². The van der Waals surface area contributed by atoms with Crippen molar-refractivity contribution in [3.8, 4) is 22.8 Å². The molecule has 0 saturated heterocycles. The van der Waals surface area contributed by atoms with Gasteiger partial charge in [-0.05, 0) is 35.7 Å². The summed E-state index contributed by atoms with van der Waals surface area (Å²) >= 11 is 1.82. The SMILES string of the molecule is c1ccc(-c2nc(-c3nc4ccccc4c4cc5c(cc34)sc3ccccc35)nc3ccccc23)cc1. The summed E-state index contributed by atoms with van der Waals surface area (Å²) in [6.07, 6.45) is 0. The molecule has 0 atom stereocenters. The molecule has 3 aromatic heterocycles. The van der Waals surface area contributed by atoms with Crippen LogP contribution in [0.1, 0.15) is 0 Å². The lowest BCUT2D eigenvalue weighted by Gasteiger charge is -2.12. The van der Waals surface area contributed by atoms with Gasteiger partial charge in [-0.3, -0.25) is 0 Å². The zero-order valence-corrected chi connectivity index (χ0v) is 20.5. The lowest BCUT2D eigenvalue weighted by atomic mass is 10.00. The van der Waals surface area contributed by atoms with Crippen molar-refractivity contribution in [2.45, 2.75) is 0 Å². The second-order valence-corrected chi connectivity index (χ2v) is 10.3. The lowest BCUT2D eigenvalue weighted by Crippen LogP contribution is -1.98. The molecule has 0 bridgehead atoms. The minimum absolute atomic E-state index is 0.647. The average Bonchev–Trinajstić information content (AvgIpc) is 3.33. The van der Waals surface area contributed by atoms with Crippen molar-refractivity contribution in [3.05, 3.63) is 115 Å². The standard InChI is InChI=1S/C33H19N3S/c1-2-10-20(11-3-1)31-23-14-5-8-16-28(23)35-33(36-31)32-26-19-30-25(22-13-6-9-17-29(22)37-30)18-24(26)21-12-4-7-15-27(21)34-32/h1-19H. The normalized spacial score (nSPS) is 11.8. The first-order valence-corrected chi connectivity index (χ1v) is 13.1. The fourth-order valence-corrected chi connectivity index (χ4v) is 6.47. The lowest BCUT2D eigenvalue weighted by molar-refractivity contribution is 1.20. The fraction of sp³-hybridized carbons (Fsp3) is 0. The zero-order valence-electron chi connectivity index (χ0n) is 19.7. The highest BCUT2D eigenvalue weighted by Crippen LogP contribution is 2.41. The number of benzene rings is 5. The summed E-state index contributed by atoms with van der Waals surface area (Å²) in [5.74, 6) is 0.647. The predicted octanol–water partition coefficient (Wildman–Crippen LogP) is 9.03. The van der Waals surface area contributed by atoms with Gasteiger partial charge in [0, 0.05) is 41.9 Å². The molecule has 0 saturated carbocycles. The summed E-state index contributed by atoms with van der Waals surface area (Å²) < 4.78 is 2.54. The number of thiophene rings is 1. The molecule has 0 unspecified atom stereocenters. The number of fused-ring (bicyclic) bond motifs is 7. The number of aromatic nitrogens is 3. The highest BCUT2D eigenvalue weighted by atomic mass is 32.1. The quantitative estimate of drug-likeness (QED) is 0.227. The molecule has 0 N–H and O–H groups in total. The largest absolute Gasteiger partial charge is 0.244 e. The van der Waals surface area contributed by atoms with Gasteiger partial charge in [-0.1, -0.05) is 84.9 Å². The molecule has 0 aliphatic carbocycles. The van der Waals surface area contributed by atoms with E-state index < -0.39 is 0 Å². The Balaban J connectivity index is 1.51. The molecule has 172 valence electrons. The number of hydrogen-bond donors (Lipinski definition) is 0. The van der Waals surface area contributed by atoms with Crippen LogP contribution in [0.15, 0.2) is 115 Å². The molecule has 4 heteroatoms. The van der Waals surface area contributed by atoms with E-state index >= 15 is 0 Å². The summed E-state index contributed by atoms with van der Waals surface area (Å²) in [5.41, 5.74) is 4.67.